The van der Waals surface area contributed by atoms with E-state index in [2.05, 4.69) is 16.9 Å². The van der Waals surface area contributed by atoms with E-state index in [0.29, 0.717) is 12.9 Å². The zero-order chi connectivity index (χ0) is 15.6. The smallest absolute Gasteiger partial charge is 0.293 e. The molecule has 0 spiro atoms. The molecule has 1 aromatic heterocycles. The van der Waals surface area contributed by atoms with Crippen molar-refractivity contribution in [1.29, 1.82) is 0 Å². The maximum Gasteiger partial charge on any atom is 0.293 e. The molecule has 1 heterocycles. The van der Waals surface area contributed by atoms with Gasteiger partial charge in [-0.2, -0.15) is 0 Å². The van der Waals surface area contributed by atoms with Gasteiger partial charge in [0.25, 0.3) is 6.47 Å². The monoisotopic (exact) mass is 298 g/mol. The number of carbonyl (C=O) groups is 1. The van der Waals surface area contributed by atoms with E-state index < -0.39 is 0 Å². The fourth-order valence-electron chi connectivity index (χ4n) is 2.33. The second kappa shape index (κ2) is 8.82. The van der Waals surface area contributed by atoms with Gasteiger partial charge in [0.05, 0.1) is 12.0 Å². The average molecular weight is 298 g/mol. The van der Waals surface area contributed by atoms with E-state index in [1.807, 2.05) is 42.5 Å². The highest BCUT2D eigenvalue weighted by molar-refractivity contribution is 5.68. The number of rotatable bonds is 9. The summed E-state index contributed by atoms with van der Waals surface area (Å²) in [5, 5.41) is 0. The Morgan fingerprint density at radius 1 is 1.27 bits per heavy atom. The van der Waals surface area contributed by atoms with Crippen LogP contribution in [0, 0.1) is 0 Å². The molecular formula is C18H22N2O2. The highest BCUT2D eigenvalue weighted by atomic mass is 16.5. The standard InChI is InChI=1S/C18H22N2O2/c1-2-3-9-16(22-14-21)12-18-17(19-13-20-18)11-10-15-7-5-4-6-8-15/h4-8,10-11,13-14,16H,2-3,9,12H2,1H3,(H,19,20). The van der Waals surface area contributed by atoms with Crippen molar-refractivity contribution in [2.24, 2.45) is 0 Å². The molecule has 4 heteroatoms. The Kier molecular flexibility index (Phi) is 6.42. The van der Waals surface area contributed by atoms with Crippen molar-refractivity contribution in [3.63, 3.8) is 0 Å². The summed E-state index contributed by atoms with van der Waals surface area (Å²) in [6.07, 6.45) is 9.26. The first-order valence-electron chi connectivity index (χ1n) is 7.68. The third kappa shape index (κ3) is 4.88. The van der Waals surface area contributed by atoms with Crippen LogP contribution in [-0.4, -0.2) is 22.5 Å². The van der Waals surface area contributed by atoms with E-state index in [9.17, 15) is 4.79 Å². The minimum atomic E-state index is -0.0956. The lowest BCUT2D eigenvalue weighted by Gasteiger charge is -2.14. The maximum absolute atomic E-state index is 10.6. The summed E-state index contributed by atoms with van der Waals surface area (Å²) in [6.45, 7) is 2.67. The first-order valence-corrected chi connectivity index (χ1v) is 7.68. The number of imidazole rings is 1. The van der Waals surface area contributed by atoms with Crippen LogP contribution in [0.15, 0.2) is 36.7 Å². The topological polar surface area (TPSA) is 55.0 Å². The van der Waals surface area contributed by atoms with Gasteiger partial charge in [-0.1, -0.05) is 56.2 Å². The third-order valence-corrected chi connectivity index (χ3v) is 3.54. The highest BCUT2D eigenvalue weighted by Gasteiger charge is 2.13. The predicted molar refractivity (Wildman–Crippen MR) is 88.1 cm³/mol. The van der Waals surface area contributed by atoms with Crippen LogP contribution in [0.4, 0.5) is 0 Å². The summed E-state index contributed by atoms with van der Waals surface area (Å²) in [5.74, 6) is 0. The first kappa shape index (κ1) is 16.0. The molecule has 1 N–H and O–H groups in total. The molecule has 0 saturated heterocycles. The molecule has 4 nitrogen and oxygen atoms in total. The van der Waals surface area contributed by atoms with Crippen molar-refractivity contribution in [3.8, 4) is 0 Å². The second-order valence-electron chi connectivity index (χ2n) is 5.21. The normalized spacial score (nSPS) is 12.4. The number of nitrogens with one attached hydrogen (secondary N) is 1. The van der Waals surface area contributed by atoms with Crippen molar-refractivity contribution >= 4 is 18.6 Å². The highest BCUT2D eigenvalue weighted by Crippen LogP contribution is 2.15. The van der Waals surface area contributed by atoms with Gasteiger partial charge in [0, 0.05) is 12.1 Å². The van der Waals surface area contributed by atoms with Crippen LogP contribution in [0.1, 0.15) is 43.1 Å². The van der Waals surface area contributed by atoms with Crippen molar-refractivity contribution in [2.75, 3.05) is 0 Å². The number of hydrogen-bond donors (Lipinski definition) is 1. The number of aromatic amines is 1. The van der Waals surface area contributed by atoms with Gasteiger partial charge in [-0.15, -0.1) is 0 Å². The predicted octanol–water partition coefficient (Wildman–Crippen LogP) is 3.85. The molecule has 0 aliphatic carbocycles. The Labute approximate surface area is 131 Å². The van der Waals surface area contributed by atoms with Crippen LogP contribution in [0.25, 0.3) is 12.2 Å². The molecule has 116 valence electrons. The largest absolute Gasteiger partial charge is 0.464 e. The van der Waals surface area contributed by atoms with Crippen LogP contribution < -0.4 is 0 Å². The van der Waals surface area contributed by atoms with Crippen molar-refractivity contribution < 1.29 is 9.53 Å². The number of H-pyrrole nitrogens is 1. The molecule has 22 heavy (non-hydrogen) atoms. The molecular weight excluding hydrogens is 276 g/mol. The van der Waals surface area contributed by atoms with Gasteiger partial charge < -0.3 is 9.72 Å². The SMILES string of the molecule is CCCCC(Cc1[nH]cnc1C=Cc1ccccc1)OC=O. The molecule has 1 aromatic carbocycles. The van der Waals surface area contributed by atoms with Crippen molar-refractivity contribution in [1.82, 2.24) is 9.97 Å². The van der Waals surface area contributed by atoms with Crippen molar-refractivity contribution in [3.05, 3.63) is 53.6 Å². The Hall–Kier alpha value is -2.36. The van der Waals surface area contributed by atoms with E-state index >= 15 is 0 Å². The molecule has 0 radical (unpaired) electrons. The summed E-state index contributed by atoms with van der Waals surface area (Å²) in [6, 6.07) is 10.1. The van der Waals surface area contributed by atoms with E-state index in [1.165, 1.54) is 0 Å². The van der Waals surface area contributed by atoms with Crippen LogP contribution in [-0.2, 0) is 16.0 Å². The van der Waals surface area contributed by atoms with Gasteiger partial charge in [-0.05, 0) is 18.1 Å². The number of carbonyl (C=O) groups excluding carboxylic acids is 1. The minimum absolute atomic E-state index is 0.0956. The Balaban J connectivity index is 2.04. The molecule has 2 rings (SSSR count). The average Bonchev–Trinajstić information content (AvgIpc) is 2.99. The maximum atomic E-state index is 10.6. The number of hydrogen-bond acceptors (Lipinski definition) is 3. The quantitative estimate of drug-likeness (QED) is 0.715. The summed E-state index contributed by atoms with van der Waals surface area (Å²) < 4.78 is 5.18. The molecule has 0 aliphatic heterocycles. The minimum Gasteiger partial charge on any atom is -0.464 e. The lowest BCUT2D eigenvalue weighted by Crippen LogP contribution is -2.16. The molecule has 1 atom stereocenters. The zero-order valence-corrected chi connectivity index (χ0v) is 12.9. The Bertz CT molecular complexity index is 590. The van der Waals surface area contributed by atoms with E-state index in [0.717, 1.165) is 36.2 Å². The second-order valence-corrected chi connectivity index (χ2v) is 5.21. The van der Waals surface area contributed by atoms with Crippen LogP contribution in [0.2, 0.25) is 0 Å². The zero-order valence-electron chi connectivity index (χ0n) is 12.9. The van der Waals surface area contributed by atoms with Crippen molar-refractivity contribution in [2.45, 2.75) is 38.7 Å². The van der Waals surface area contributed by atoms with Crippen LogP contribution >= 0.6 is 0 Å². The van der Waals surface area contributed by atoms with Gasteiger partial charge in [0.15, 0.2) is 0 Å². The van der Waals surface area contributed by atoms with Gasteiger partial charge in [-0.3, -0.25) is 4.79 Å². The fraction of sp³-hybridized carbons (Fsp3) is 0.333. The number of ether oxygens (including phenoxy) is 1. The number of nitrogens with zero attached hydrogens (tertiary/aromatic N) is 1. The molecule has 0 saturated carbocycles. The molecule has 0 bridgehead atoms. The third-order valence-electron chi connectivity index (χ3n) is 3.54. The van der Waals surface area contributed by atoms with E-state index in [-0.39, 0.29) is 6.10 Å². The van der Waals surface area contributed by atoms with Gasteiger partial charge in [0.1, 0.15) is 6.10 Å². The number of benzene rings is 1. The van der Waals surface area contributed by atoms with E-state index in [4.69, 9.17) is 4.74 Å². The van der Waals surface area contributed by atoms with Gasteiger partial charge in [-0.25, -0.2) is 4.98 Å². The summed E-state index contributed by atoms with van der Waals surface area (Å²) in [4.78, 5) is 18.1. The summed E-state index contributed by atoms with van der Waals surface area (Å²) in [5.41, 5.74) is 3.01. The fourth-order valence-corrected chi connectivity index (χ4v) is 2.33. The molecule has 0 fully saturated rings. The molecule has 0 amide bonds. The van der Waals surface area contributed by atoms with Crippen LogP contribution in [0.3, 0.4) is 0 Å². The summed E-state index contributed by atoms with van der Waals surface area (Å²) in [7, 11) is 0. The Morgan fingerprint density at radius 3 is 2.82 bits per heavy atom. The molecule has 1 unspecified atom stereocenters. The number of aromatic nitrogens is 2. The molecule has 2 aromatic rings. The lowest BCUT2D eigenvalue weighted by molar-refractivity contribution is -0.133. The lowest BCUT2D eigenvalue weighted by atomic mass is 10.1. The molecule has 0 aliphatic rings. The van der Waals surface area contributed by atoms with Gasteiger partial charge >= 0.3 is 0 Å². The van der Waals surface area contributed by atoms with E-state index in [1.54, 1.807) is 6.33 Å². The Morgan fingerprint density at radius 2 is 2.09 bits per heavy atom. The summed E-state index contributed by atoms with van der Waals surface area (Å²) >= 11 is 0. The van der Waals surface area contributed by atoms with Gasteiger partial charge in [0.2, 0.25) is 0 Å². The number of unbranched alkanes of at least 4 members (excludes halogenated alkanes) is 1. The first-order chi connectivity index (χ1) is 10.8. The van der Waals surface area contributed by atoms with Crippen LogP contribution in [0.5, 0.6) is 0 Å².